The Kier molecular flexibility index (Phi) is 5.64. The molecule has 0 aliphatic carbocycles. The zero-order valence-electron chi connectivity index (χ0n) is 15.2. The highest BCUT2D eigenvalue weighted by atomic mass is 32.1. The van der Waals surface area contributed by atoms with Crippen molar-refractivity contribution in [3.63, 3.8) is 0 Å². The van der Waals surface area contributed by atoms with Gasteiger partial charge >= 0.3 is 0 Å². The molecule has 0 spiro atoms. The smallest absolute Gasteiger partial charge is 0.263 e. The van der Waals surface area contributed by atoms with E-state index in [0.717, 1.165) is 28.7 Å². The standard InChI is InChI=1S/C20H22FN3OS/c1-14-8-6-11-17-18(14)22-20(26-17)24(13-7-12-23(2)3)19(25)15-9-4-5-10-16(15)21/h4-6,8-11H,7,12-13H2,1-3H3. The van der Waals surface area contributed by atoms with Crippen molar-refractivity contribution >= 4 is 32.6 Å². The van der Waals surface area contributed by atoms with E-state index in [0.29, 0.717) is 11.7 Å². The molecule has 0 saturated carbocycles. The summed E-state index contributed by atoms with van der Waals surface area (Å²) < 4.78 is 15.2. The van der Waals surface area contributed by atoms with E-state index in [9.17, 15) is 9.18 Å². The highest BCUT2D eigenvalue weighted by Gasteiger charge is 2.23. The summed E-state index contributed by atoms with van der Waals surface area (Å²) in [5.74, 6) is -0.856. The Morgan fingerprint density at radius 3 is 2.58 bits per heavy atom. The Balaban J connectivity index is 1.97. The fourth-order valence-corrected chi connectivity index (χ4v) is 3.87. The summed E-state index contributed by atoms with van der Waals surface area (Å²) in [6, 6.07) is 12.1. The highest BCUT2D eigenvalue weighted by molar-refractivity contribution is 7.22. The number of anilines is 1. The van der Waals surface area contributed by atoms with Crippen LogP contribution in [-0.4, -0.2) is 43.0 Å². The molecule has 0 aliphatic rings. The predicted molar refractivity (Wildman–Crippen MR) is 106 cm³/mol. The third-order valence-corrected chi connectivity index (χ3v) is 5.22. The van der Waals surface area contributed by atoms with Crippen molar-refractivity contribution in [3.8, 4) is 0 Å². The quantitative estimate of drug-likeness (QED) is 0.647. The van der Waals surface area contributed by atoms with Crippen LogP contribution in [0, 0.1) is 12.7 Å². The molecule has 0 atom stereocenters. The Morgan fingerprint density at radius 2 is 1.88 bits per heavy atom. The Hall–Kier alpha value is -2.31. The Morgan fingerprint density at radius 1 is 1.12 bits per heavy atom. The first-order valence-corrected chi connectivity index (χ1v) is 9.36. The summed E-state index contributed by atoms with van der Waals surface area (Å²) in [5.41, 5.74) is 2.04. The van der Waals surface area contributed by atoms with Crippen molar-refractivity contribution in [1.29, 1.82) is 0 Å². The van der Waals surface area contributed by atoms with E-state index in [-0.39, 0.29) is 11.5 Å². The molecular weight excluding hydrogens is 349 g/mol. The summed E-state index contributed by atoms with van der Waals surface area (Å²) in [4.78, 5) is 21.4. The third kappa shape index (κ3) is 3.92. The van der Waals surface area contributed by atoms with Crippen molar-refractivity contribution in [1.82, 2.24) is 9.88 Å². The number of carbonyl (C=O) groups excluding carboxylic acids is 1. The topological polar surface area (TPSA) is 36.4 Å². The van der Waals surface area contributed by atoms with Crippen molar-refractivity contribution < 1.29 is 9.18 Å². The molecule has 26 heavy (non-hydrogen) atoms. The molecule has 0 unspecified atom stereocenters. The molecule has 136 valence electrons. The first-order chi connectivity index (χ1) is 12.5. The van der Waals surface area contributed by atoms with E-state index in [1.54, 1.807) is 17.0 Å². The van der Waals surface area contributed by atoms with Gasteiger partial charge in [0.15, 0.2) is 5.13 Å². The molecular formula is C20H22FN3OS. The molecule has 1 aromatic heterocycles. The monoisotopic (exact) mass is 371 g/mol. The van der Waals surface area contributed by atoms with Gasteiger partial charge in [-0.05, 0) is 57.7 Å². The lowest BCUT2D eigenvalue weighted by Gasteiger charge is -2.21. The van der Waals surface area contributed by atoms with Crippen LogP contribution < -0.4 is 4.90 Å². The van der Waals surface area contributed by atoms with Gasteiger partial charge in [0.25, 0.3) is 5.91 Å². The Labute approximate surface area is 156 Å². The van der Waals surface area contributed by atoms with Gasteiger partial charge in [0.05, 0.1) is 15.8 Å². The number of amides is 1. The van der Waals surface area contributed by atoms with Crippen LogP contribution in [0.2, 0.25) is 0 Å². The average molecular weight is 371 g/mol. The lowest BCUT2D eigenvalue weighted by Crippen LogP contribution is -2.34. The summed E-state index contributed by atoms with van der Waals surface area (Å²) in [7, 11) is 3.98. The summed E-state index contributed by atoms with van der Waals surface area (Å²) in [6.07, 6.45) is 0.780. The van der Waals surface area contributed by atoms with Crippen LogP contribution >= 0.6 is 11.3 Å². The molecule has 0 fully saturated rings. The van der Waals surface area contributed by atoms with Gasteiger partial charge in [0, 0.05) is 6.54 Å². The van der Waals surface area contributed by atoms with Crippen LogP contribution in [0.5, 0.6) is 0 Å². The van der Waals surface area contributed by atoms with E-state index in [2.05, 4.69) is 9.88 Å². The second-order valence-electron chi connectivity index (χ2n) is 6.51. The normalized spacial score (nSPS) is 11.3. The van der Waals surface area contributed by atoms with E-state index in [1.165, 1.54) is 23.5 Å². The van der Waals surface area contributed by atoms with Gasteiger partial charge < -0.3 is 4.90 Å². The number of para-hydroxylation sites is 1. The molecule has 0 radical (unpaired) electrons. The Bertz CT molecular complexity index is 922. The van der Waals surface area contributed by atoms with E-state index >= 15 is 0 Å². The number of thiazole rings is 1. The number of hydrogen-bond donors (Lipinski definition) is 0. The summed E-state index contributed by atoms with van der Waals surface area (Å²) in [6.45, 7) is 3.33. The fraction of sp³-hybridized carbons (Fsp3) is 0.300. The number of fused-ring (bicyclic) bond motifs is 1. The lowest BCUT2D eigenvalue weighted by atomic mass is 10.2. The maximum absolute atomic E-state index is 14.2. The predicted octanol–water partition coefficient (Wildman–Crippen LogP) is 4.34. The molecule has 0 N–H and O–H groups in total. The number of hydrogen-bond acceptors (Lipinski definition) is 4. The number of benzene rings is 2. The minimum absolute atomic E-state index is 0.0772. The molecule has 1 amide bonds. The van der Waals surface area contributed by atoms with E-state index < -0.39 is 5.82 Å². The third-order valence-electron chi connectivity index (χ3n) is 4.18. The van der Waals surface area contributed by atoms with E-state index in [4.69, 9.17) is 0 Å². The molecule has 6 heteroatoms. The molecule has 4 nitrogen and oxygen atoms in total. The second-order valence-corrected chi connectivity index (χ2v) is 7.52. The maximum Gasteiger partial charge on any atom is 0.263 e. The van der Waals surface area contributed by atoms with Crippen molar-refractivity contribution in [2.75, 3.05) is 32.1 Å². The van der Waals surface area contributed by atoms with Crippen LogP contribution in [-0.2, 0) is 0 Å². The molecule has 2 aromatic carbocycles. The van der Waals surface area contributed by atoms with Crippen LogP contribution in [0.25, 0.3) is 10.2 Å². The highest BCUT2D eigenvalue weighted by Crippen LogP contribution is 2.31. The van der Waals surface area contributed by atoms with Crippen molar-refractivity contribution in [2.24, 2.45) is 0 Å². The first kappa shape index (κ1) is 18.5. The minimum Gasteiger partial charge on any atom is -0.309 e. The minimum atomic E-state index is -0.507. The SMILES string of the molecule is Cc1cccc2sc(N(CCCN(C)C)C(=O)c3ccccc3F)nc12. The summed E-state index contributed by atoms with van der Waals surface area (Å²) >= 11 is 1.47. The average Bonchev–Trinajstić information content (AvgIpc) is 3.03. The van der Waals surface area contributed by atoms with Gasteiger partial charge in [0.2, 0.25) is 0 Å². The number of rotatable bonds is 6. The zero-order chi connectivity index (χ0) is 18.7. The van der Waals surface area contributed by atoms with E-state index in [1.807, 2.05) is 39.2 Å². The number of halogens is 1. The second kappa shape index (κ2) is 7.93. The summed E-state index contributed by atoms with van der Waals surface area (Å²) in [5, 5.41) is 0.612. The first-order valence-electron chi connectivity index (χ1n) is 8.54. The van der Waals surface area contributed by atoms with Gasteiger partial charge in [-0.15, -0.1) is 0 Å². The van der Waals surface area contributed by atoms with Gasteiger partial charge in [-0.2, -0.15) is 0 Å². The van der Waals surface area contributed by atoms with Gasteiger partial charge in [-0.3, -0.25) is 9.69 Å². The maximum atomic E-state index is 14.2. The van der Waals surface area contributed by atoms with Crippen LogP contribution in [0.1, 0.15) is 22.3 Å². The van der Waals surface area contributed by atoms with Gasteiger partial charge in [-0.1, -0.05) is 35.6 Å². The van der Waals surface area contributed by atoms with Crippen molar-refractivity contribution in [3.05, 3.63) is 59.4 Å². The molecule has 3 rings (SSSR count). The molecule has 0 bridgehead atoms. The zero-order valence-corrected chi connectivity index (χ0v) is 16.0. The number of aromatic nitrogens is 1. The molecule has 3 aromatic rings. The van der Waals surface area contributed by atoms with Crippen LogP contribution in [0.3, 0.4) is 0 Å². The number of nitrogens with zero attached hydrogens (tertiary/aromatic N) is 3. The van der Waals surface area contributed by atoms with Gasteiger partial charge in [0.1, 0.15) is 5.82 Å². The largest absolute Gasteiger partial charge is 0.309 e. The fourth-order valence-electron chi connectivity index (χ4n) is 2.80. The molecule has 1 heterocycles. The van der Waals surface area contributed by atoms with Crippen LogP contribution in [0.15, 0.2) is 42.5 Å². The number of aryl methyl sites for hydroxylation is 1. The molecule has 0 aliphatic heterocycles. The van der Waals surface area contributed by atoms with Crippen LogP contribution in [0.4, 0.5) is 9.52 Å². The number of carbonyl (C=O) groups is 1. The van der Waals surface area contributed by atoms with Crippen molar-refractivity contribution in [2.45, 2.75) is 13.3 Å². The molecule has 0 saturated heterocycles. The van der Waals surface area contributed by atoms with Gasteiger partial charge in [-0.25, -0.2) is 9.37 Å². The lowest BCUT2D eigenvalue weighted by molar-refractivity contribution is 0.0982.